The van der Waals surface area contributed by atoms with Crippen LogP contribution in [0.15, 0.2) is 0 Å². The van der Waals surface area contributed by atoms with Gasteiger partial charge in [-0.3, -0.25) is 4.79 Å². The van der Waals surface area contributed by atoms with Gasteiger partial charge in [0.05, 0.1) is 25.3 Å². The number of nitrogens with one attached hydrogen (secondary N) is 1. The van der Waals surface area contributed by atoms with Crippen molar-refractivity contribution < 1.29 is 9.53 Å². The molecule has 4 heteroatoms. The van der Waals surface area contributed by atoms with Crippen molar-refractivity contribution >= 4 is 5.91 Å². The van der Waals surface area contributed by atoms with E-state index in [-0.39, 0.29) is 18.0 Å². The molecule has 0 aromatic heterocycles. The molecule has 3 unspecified atom stereocenters. The number of piperidine rings is 1. The first-order valence-corrected chi connectivity index (χ1v) is 6.85. The molecule has 2 fully saturated rings. The molecule has 4 nitrogen and oxygen atoms in total. The van der Waals surface area contributed by atoms with Gasteiger partial charge < -0.3 is 15.0 Å². The Labute approximate surface area is 104 Å². The fraction of sp³-hybridized carbons (Fsp3) is 0.923. The van der Waals surface area contributed by atoms with Gasteiger partial charge in [0, 0.05) is 6.54 Å². The van der Waals surface area contributed by atoms with Crippen LogP contribution >= 0.6 is 0 Å². The topological polar surface area (TPSA) is 41.6 Å². The van der Waals surface area contributed by atoms with Crippen molar-refractivity contribution in [3.8, 4) is 0 Å². The smallest absolute Gasteiger partial charge is 0.240 e. The lowest BCUT2D eigenvalue weighted by atomic mass is 9.91. The zero-order chi connectivity index (χ0) is 12.3. The van der Waals surface area contributed by atoms with Crippen LogP contribution < -0.4 is 5.32 Å². The zero-order valence-electron chi connectivity index (χ0n) is 10.9. The van der Waals surface area contributed by atoms with Crippen LogP contribution in [0.25, 0.3) is 0 Å². The summed E-state index contributed by atoms with van der Waals surface area (Å²) in [6.07, 6.45) is 3.32. The van der Waals surface area contributed by atoms with Gasteiger partial charge in [-0.1, -0.05) is 13.8 Å². The lowest BCUT2D eigenvalue weighted by Gasteiger charge is -2.40. The van der Waals surface area contributed by atoms with E-state index in [1.807, 2.05) is 4.90 Å². The summed E-state index contributed by atoms with van der Waals surface area (Å²) in [7, 11) is 0. The maximum Gasteiger partial charge on any atom is 0.240 e. The van der Waals surface area contributed by atoms with E-state index in [1.165, 1.54) is 6.42 Å². The predicted molar refractivity (Wildman–Crippen MR) is 66.8 cm³/mol. The number of hydrogen-bond donors (Lipinski definition) is 1. The molecule has 2 aliphatic heterocycles. The summed E-state index contributed by atoms with van der Waals surface area (Å²) >= 11 is 0. The molecule has 2 rings (SSSR count). The predicted octanol–water partition coefficient (Wildman–Crippen LogP) is 1.01. The van der Waals surface area contributed by atoms with Crippen molar-refractivity contribution in [1.29, 1.82) is 0 Å². The van der Waals surface area contributed by atoms with E-state index in [0.29, 0.717) is 19.1 Å². The summed E-state index contributed by atoms with van der Waals surface area (Å²) in [6.45, 7) is 7.41. The average molecular weight is 240 g/mol. The molecule has 17 heavy (non-hydrogen) atoms. The van der Waals surface area contributed by atoms with Gasteiger partial charge in [0.25, 0.3) is 0 Å². The van der Waals surface area contributed by atoms with Crippen molar-refractivity contribution in [2.75, 3.05) is 26.3 Å². The maximum absolute atomic E-state index is 12.5. The third-order valence-corrected chi connectivity index (χ3v) is 4.02. The van der Waals surface area contributed by atoms with Gasteiger partial charge in [0.15, 0.2) is 0 Å². The summed E-state index contributed by atoms with van der Waals surface area (Å²) in [5.41, 5.74) is 0. The van der Waals surface area contributed by atoms with Crippen LogP contribution in [0.4, 0.5) is 0 Å². The Morgan fingerprint density at radius 1 is 1.53 bits per heavy atom. The second-order valence-electron chi connectivity index (χ2n) is 5.22. The molecular weight excluding hydrogens is 216 g/mol. The van der Waals surface area contributed by atoms with Crippen LogP contribution in [0.5, 0.6) is 0 Å². The summed E-state index contributed by atoms with van der Waals surface area (Å²) in [5, 5.41) is 3.38. The van der Waals surface area contributed by atoms with Gasteiger partial charge in [0.2, 0.25) is 5.91 Å². The summed E-state index contributed by atoms with van der Waals surface area (Å²) < 4.78 is 5.45. The first-order chi connectivity index (χ1) is 8.24. The Bertz CT molecular complexity index is 270. The maximum atomic E-state index is 12.5. The third kappa shape index (κ3) is 2.80. The Hall–Kier alpha value is -0.610. The molecule has 1 N–H and O–H groups in total. The lowest BCUT2D eigenvalue weighted by molar-refractivity contribution is -0.144. The van der Waals surface area contributed by atoms with E-state index in [9.17, 15) is 4.79 Å². The quantitative estimate of drug-likeness (QED) is 0.783. The van der Waals surface area contributed by atoms with Gasteiger partial charge >= 0.3 is 0 Å². The Morgan fingerprint density at radius 3 is 3.06 bits per heavy atom. The average Bonchev–Trinajstić information content (AvgIpc) is 2.38. The van der Waals surface area contributed by atoms with Crippen molar-refractivity contribution in [1.82, 2.24) is 10.2 Å². The molecule has 2 saturated heterocycles. The summed E-state index contributed by atoms with van der Waals surface area (Å²) in [6, 6.07) is 0.295. The molecule has 0 spiro atoms. The molecular formula is C13H24N2O2. The van der Waals surface area contributed by atoms with Gasteiger partial charge in [-0.05, 0) is 31.7 Å². The highest BCUT2D eigenvalue weighted by Gasteiger charge is 2.34. The monoisotopic (exact) mass is 240 g/mol. The minimum Gasteiger partial charge on any atom is -0.377 e. The van der Waals surface area contributed by atoms with Crippen molar-refractivity contribution in [3.05, 3.63) is 0 Å². The molecule has 0 aromatic carbocycles. The normalized spacial score (nSPS) is 34.7. The molecule has 0 radical (unpaired) electrons. The fourth-order valence-corrected chi connectivity index (χ4v) is 2.84. The molecule has 0 bridgehead atoms. The van der Waals surface area contributed by atoms with Crippen molar-refractivity contribution in [2.24, 2.45) is 5.92 Å². The van der Waals surface area contributed by atoms with E-state index in [1.54, 1.807) is 0 Å². The minimum atomic E-state index is 0.0240. The second-order valence-corrected chi connectivity index (χ2v) is 5.22. The van der Waals surface area contributed by atoms with Crippen LogP contribution in [0, 0.1) is 5.92 Å². The minimum absolute atomic E-state index is 0.0240. The zero-order valence-corrected chi connectivity index (χ0v) is 10.9. The van der Waals surface area contributed by atoms with Crippen LogP contribution in [-0.4, -0.2) is 49.2 Å². The highest BCUT2D eigenvalue weighted by molar-refractivity contribution is 5.82. The van der Waals surface area contributed by atoms with Gasteiger partial charge in [0.1, 0.15) is 0 Å². The number of hydrogen-bond acceptors (Lipinski definition) is 3. The summed E-state index contributed by atoms with van der Waals surface area (Å²) in [5.74, 6) is 0.740. The molecule has 2 aliphatic rings. The molecule has 3 atom stereocenters. The first kappa shape index (κ1) is 12.8. The van der Waals surface area contributed by atoms with E-state index in [4.69, 9.17) is 4.74 Å². The number of amides is 1. The highest BCUT2D eigenvalue weighted by Crippen LogP contribution is 2.20. The highest BCUT2D eigenvalue weighted by atomic mass is 16.5. The number of rotatable bonds is 2. The van der Waals surface area contributed by atoms with Crippen LogP contribution in [-0.2, 0) is 9.53 Å². The SMILES string of the molecule is CCC1COCCN1C(=O)C1NCCCC1C. The molecule has 1 amide bonds. The number of morpholine rings is 1. The Morgan fingerprint density at radius 2 is 2.35 bits per heavy atom. The second kappa shape index (κ2) is 5.83. The van der Waals surface area contributed by atoms with Crippen LogP contribution in [0.1, 0.15) is 33.1 Å². The molecule has 0 saturated carbocycles. The molecule has 0 aliphatic carbocycles. The van der Waals surface area contributed by atoms with E-state index < -0.39 is 0 Å². The van der Waals surface area contributed by atoms with Gasteiger partial charge in [-0.15, -0.1) is 0 Å². The number of carbonyl (C=O) groups excluding carboxylic acids is 1. The first-order valence-electron chi connectivity index (χ1n) is 6.85. The van der Waals surface area contributed by atoms with Gasteiger partial charge in [-0.2, -0.15) is 0 Å². The molecule has 98 valence electrons. The lowest BCUT2D eigenvalue weighted by Crippen LogP contribution is -2.57. The number of carbonyl (C=O) groups is 1. The van der Waals surface area contributed by atoms with E-state index in [2.05, 4.69) is 19.2 Å². The van der Waals surface area contributed by atoms with Gasteiger partial charge in [-0.25, -0.2) is 0 Å². The van der Waals surface area contributed by atoms with Crippen molar-refractivity contribution in [3.63, 3.8) is 0 Å². The molecule has 2 heterocycles. The van der Waals surface area contributed by atoms with Crippen LogP contribution in [0.3, 0.4) is 0 Å². The van der Waals surface area contributed by atoms with E-state index in [0.717, 1.165) is 25.9 Å². The number of nitrogens with zero attached hydrogens (tertiary/aromatic N) is 1. The van der Waals surface area contributed by atoms with Crippen LogP contribution in [0.2, 0.25) is 0 Å². The Balaban J connectivity index is 2.01. The largest absolute Gasteiger partial charge is 0.377 e. The summed E-state index contributed by atoms with van der Waals surface area (Å²) in [4.78, 5) is 14.6. The van der Waals surface area contributed by atoms with E-state index >= 15 is 0 Å². The standard InChI is InChI=1S/C13H24N2O2/c1-3-11-9-17-8-7-15(11)13(16)12-10(2)5-4-6-14-12/h10-12,14H,3-9H2,1-2H3. The molecule has 0 aromatic rings. The third-order valence-electron chi connectivity index (χ3n) is 4.02. The number of ether oxygens (including phenoxy) is 1. The fourth-order valence-electron chi connectivity index (χ4n) is 2.84. The van der Waals surface area contributed by atoms with Crippen molar-refractivity contribution in [2.45, 2.75) is 45.2 Å². The Kier molecular flexibility index (Phi) is 4.40.